The molecule has 0 bridgehead atoms. The molecule has 0 N–H and O–H groups in total. The van der Waals surface area contributed by atoms with Crippen molar-refractivity contribution < 1.29 is 33.2 Å². The summed E-state index contributed by atoms with van der Waals surface area (Å²) in [6, 6.07) is 8.67. The smallest absolute Gasteiger partial charge is 0.344 e. The van der Waals surface area contributed by atoms with Crippen LogP contribution in [0.25, 0.3) is 0 Å². The van der Waals surface area contributed by atoms with Crippen LogP contribution in [0, 0.1) is 6.92 Å². The lowest BCUT2D eigenvalue weighted by molar-refractivity contribution is -0.147. The summed E-state index contributed by atoms with van der Waals surface area (Å²) >= 11 is 0. The maximum atomic E-state index is 12.2. The van der Waals surface area contributed by atoms with Gasteiger partial charge in [0.05, 0.1) is 39.2 Å². The first kappa shape index (κ1) is 25.2. The SMILES string of the molecule is CCOCCOCCOC(=O)COc1c(C)n(CCOc2ccc(OC)cc2)ccc1=O. The Labute approximate surface area is 187 Å². The lowest BCUT2D eigenvalue weighted by Gasteiger charge is -2.15. The van der Waals surface area contributed by atoms with Gasteiger partial charge in [0, 0.05) is 18.9 Å². The Kier molecular flexibility index (Phi) is 11.1. The van der Waals surface area contributed by atoms with Crippen LogP contribution < -0.4 is 19.6 Å². The standard InChI is InChI=1S/C23H31NO8/c1-4-28-13-14-29-15-16-31-22(26)17-32-23-18(2)24(10-9-21(23)25)11-12-30-20-7-5-19(27-3)6-8-20/h5-10H,4,11-17H2,1-3H3. The van der Waals surface area contributed by atoms with Gasteiger partial charge in [0.25, 0.3) is 0 Å². The van der Waals surface area contributed by atoms with Crippen LogP contribution in [-0.2, 0) is 25.5 Å². The second-order valence-electron chi connectivity index (χ2n) is 6.63. The third-order valence-corrected chi connectivity index (χ3v) is 4.45. The molecular formula is C23H31NO8. The number of hydrogen-bond acceptors (Lipinski definition) is 8. The summed E-state index contributed by atoms with van der Waals surface area (Å²) in [5, 5.41) is 0. The number of esters is 1. The fourth-order valence-electron chi connectivity index (χ4n) is 2.76. The van der Waals surface area contributed by atoms with Gasteiger partial charge in [-0.3, -0.25) is 4.79 Å². The Morgan fingerprint density at radius 2 is 1.59 bits per heavy atom. The normalized spacial score (nSPS) is 10.6. The molecule has 0 atom stereocenters. The fourth-order valence-corrected chi connectivity index (χ4v) is 2.76. The molecule has 0 unspecified atom stereocenters. The predicted molar refractivity (Wildman–Crippen MR) is 118 cm³/mol. The highest BCUT2D eigenvalue weighted by atomic mass is 16.6. The summed E-state index contributed by atoms with van der Waals surface area (Å²) in [7, 11) is 1.61. The van der Waals surface area contributed by atoms with E-state index in [1.807, 2.05) is 35.8 Å². The van der Waals surface area contributed by atoms with Crippen LogP contribution in [0.2, 0.25) is 0 Å². The van der Waals surface area contributed by atoms with Crippen molar-refractivity contribution in [1.29, 1.82) is 0 Å². The lowest BCUT2D eigenvalue weighted by atomic mass is 10.3. The summed E-state index contributed by atoms with van der Waals surface area (Å²) in [4.78, 5) is 24.0. The molecule has 1 aromatic carbocycles. The number of benzene rings is 1. The summed E-state index contributed by atoms with van der Waals surface area (Å²) in [6.45, 7) is 6.12. The van der Waals surface area contributed by atoms with Crippen molar-refractivity contribution >= 4 is 5.97 Å². The first-order valence-electron chi connectivity index (χ1n) is 10.5. The molecule has 0 aliphatic heterocycles. The minimum Gasteiger partial charge on any atom is -0.497 e. The first-order valence-corrected chi connectivity index (χ1v) is 10.5. The van der Waals surface area contributed by atoms with Gasteiger partial charge in [0.2, 0.25) is 5.43 Å². The maximum absolute atomic E-state index is 12.2. The molecule has 0 saturated heterocycles. The molecule has 176 valence electrons. The number of nitrogens with zero attached hydrogens (tertiary/aromatic N) is 1. The number of carbonyl (C=O) groups is 1. The Balaban J connectivity index is 1.77. The second-order valence-corrected chi connectivity index (χ2v) is 6.63. The van der Waals surface area contributed by atoms with Crippen molar-refractivity contribution in [3.8, 4) is 17.2 Å². The van der Waals surface area contributed by atoms with Crippen molar-refractivity contribution in [2.75, 3.05) is 53.4 Å². The number of carbonyl (C=O) groups excluding carboxylic acids is 1. The van der Waals surface area contributed by atoms with E-state index in [4.69, 9.17) is 28.4 Å². The van der Waals surface area contributed by atoms with E-state index in [0.717, 1.165) is 5.75 Å². The van der Waals surface area contributed by atoms with Crippen LogP contribution in [0.1, 0.15) is 12.6 Å². The van der Waals surface area contributed by atoms with Gasteiger partial charge in [-0.15, -0.1) is 0 Å². The molecule has 2 rings (SSSR count). The minimum absolute atomic E-state index is 0.106. The molecule has 32 heavy (non-hydrogen) atoms. The van der Waals surface area contributed by atoms with Gasteiger partial charge >= 0.3 is 5.97 Å². The predicted octanol–water partition coefficient (Wildman–Crippen LogP) is 2.22. The Hall–Kier alpha value is -3.04. The summed E-state index contributed by atoms with van der Waals surface area (Å²) in [6.07, 6.45) is 1.67. The highest BCUT2D eigenvalue weighted by Gasteiger charge is 2.12. The fraction of sp³-hybridized carbons (Fsp3) is 0.478. The molecule has 1 aromatic heterocycles. The van der Waals surface area contributed by atoms with Gasteiger partial charge in [-0.05, 0) is 38.1 Å². The van der Waals surface area contributed by atoms with Gasteiger partial charge in [-0.25, -0.2) is 4.79 Å². The van der Waals surface area contributed by atoms with Crippen LogP contribution in [0.4, 0.5) is 0 Å². The molecule has 2 aromatic rings. The van der Waals surface area contributed by atoms with Crippen molar-refractivity contribution in [2.24, 2.45) is 0 Å². The molecule has 9 heteroatoms. The molecule has 0 aliphatic carbocycles. The number of aromatic nitrogens is 1. The number of methoxy groups -OCH3 is 1. The van der Waals surface area contributed by atoms with E-state index in [-0.39, 0.29) is 31.0 Å². The van der Waals surface area contributed by atoms with Crippen molar-refractivity contribution in [1.82, 2.24) is 4.57 Å². The minimum atomic E-state index is -0.574. The highest BCUT2D eigenvalue weighted by molar-refractivity contribution is 5.71. The third-order valence-electron chi connectivity index (χ3n) is 4.45. The Morgan fingerprint density at radius 1 is 0.906 bits per heavy atom. The van der Waals surface area contributed by atoms with Gasteiger partial charge in [-0.1, -0.05) is 0 Å². The zero-order valence-electron chi connectivity index (χ0n) is 18.8. The summed E-state index contributed by atoms with van der Waals surface area (Å²) < 4.78 is 33.6. The second kappa shape index (κ2) is 14.1. The van der Waals surface area contributed by atoms with E-state index >= 15 is 0 Å². The van der Waals surface area contributed by atoms with Crippen LogP contribution >= 0.6 is 0 Å². The monoisotopic (exact) mass is 449 g/mol. The average molecular weight is 450 g/mol. The first-order chi connectivity index (χ1) is 15.5. The van der Waals surface area contributed by atoms with Gasteiger partial charge < -0.3 is 33.0 Å². The van der Waals surface area contributed by atoms with Crippen LogP contribution in [-0.4, -0.2) is 63.9 Å². The van der Waals surface area contributed by atoms with Crippen LogP contribution in [0.3, 0.4) is 0 Å². The topological polar surface area (TPSA) is 94.5 Å². The molecular weight excluding hydrogens is 418 g/mol. The van der Waals surface area contributed by atoms with E-state index in [2.05, 4.69) is 0 Å². The number of rotatable bonds is 15. The van der Waals surface area contributed by atoms with E-state index in [0.29, 0.717) is 44.4 Å². The molecule has 0 saturated carbocycles. The van der Waals surface area contributed by atoms with Crippen molar-refractivity contribution in [3.63, 3.8) is 0 Å². The Bertz CT molecular complexity index is 879. The number of ether oxygens (including phenoxy) is 6. The quantitative estimate of drug-likeness (QED) is 0.302. The zero-order valence-corrected chi connectivity index (χ0v) is 18.8. The van der Waals surface area contributed by atoms with Crippen molar-refractivity contribution in [2.45, 2.75) is 20.4 Å². The van der Waals surface area contributed by atoms with Crippen LogP contribution in [0.15, 0.2) is 41.3 Å². The Morgan fingerprint density at radius 3 is 2.31 bits per heavy atom. The highest BCUT2D eigenvalue weighted by Crippen LogP contribution is 2.17. The van der Waals surface area contributed by atoms with Crippen molar-refractivity contribution in [3.05, 3.63) is 52.4 Å². The largest absolute Gasteiger partial charge is 0.497 e. The van der Waals surface area contributed by atoms with E-state index in [1.54, 1.807) is 20.2 Å². The van der Waals surface area contributed by atoms with Crippen LogP contribution in [0.5, 0.6) is 17.2 Å². The van der Waals surface area contributed by atoms with E-state index in [9.17, 15) is 9.59 Å². The van der Waals surface area contributed by atoms with Gasteiger partial charge in [0.15, 0.2) is 12.4 Å². The molecule has 0 radical (unpaired) electrons. The molecule has 0 aliphatic rings. The molecule has 9 nitrogen and oxygen atoms in total. The number of pyridine rings is 1. The lowest BCUT2D eigenvalue weighted by Crippen LogP contribution is -2.22. The maximum Gasteiger partial charge on any atom is 0.344 e. The number of hydrogen-bond donors (Lipinski definition) is 0. The molecule has 1 heterocycles. The zero-order chi connectivity index (χ0) is 23.2. The van der Waals surface area contributed by atoms with Gasteiger partial charge in [0.1, 0.15) is 24.7 Å². The summed E-state index contributed by atoms with van der Waals surface area (Å²) in [5.74, 6) is 1.01. The third kappa shape index (κ3) is 8.60. The molecule has 0 spiro atoms. The van der Waals surface area contributed by atoms with E-state index < -0.39 is 5.97 Å². The summed E-state index contributed by atoms with van der Waals surface area (Å²) in [5.41, 5.74) is 0.296. The van der Waals surface area contributed by atoms with E-state index in [1.165, 1.54) is 6.07 Å². The molecule has 0 fully saturated rings. The average Bonchev–Trinajstić information content (AvgIpc) is 2.80. The van der Waals surface area contributed by atoms with Gasteiger partial charge in [-0.2, -0.15) is 0 Å². The molecule has 0 amide bonds.